The van der Waals surface area contributed by atoms with Crippen molar-refractivity contribution in [1.29, 1.82) is 0 Å². The smallest absolute Gasteiger partial charge is 0.0693 e. The number of hydrogen-bond donors (Lipinski definition) is 1. The minimum Gasteiger partial charge on any atom is -0.378 e. The second-order valence-electron chi connectivity index (χ2n) is 7.53. The molecule has 0 heterocycles. The van der Waals surface area contributed by atoms with E-state index >= 15 is 0 Å². The third-order valence-corrected chi connectivity index (χ3v) is 6.15. The van der Waals surface area contributed by atoms with Crippen LogP contribution in [0.1, 0.15) is 72.1 Å². The molecule has 2 rings (SSSR count). The Morgan fingerprint density at radius 2 is 1.95 bits per heavy atom. The topological polar surface area (TPSA) is 21.3 Å². The molecule has 0 aliphatic heterocycles. The first-order valence-corrected chi connectivity index (χ1v) is 8.88. The zero-order valence-electron chi connectivity index (χ0n) is 14.1. The summed E-state index contributed by atoms with van der Waals surface area (Å²) in [5.74, 6) is 2.66. The van der Waals surface area contributed by atoms with Crippen LogP contribution in [0.4, 0.5) is 0 Å². The highest BCUT2D eigenvalue weighted by Crippen LogP contribution is 2.43. The van der Waals surface area contributed by atoms with E-state index in [-0.39, 0.29) is 5.60 Å². The van der Waals surface area contributed by atoms with Crippen molar-refractivity contribution in [2.75, 3.05) is 13.7 Å². The highest BCUT2D eigenvalue weighted by Gasteiger charge is 2.41. The number of hydrogen-bond acceptors (Lipinski definition) is 2. The summed E-state index contributed by atoms with van der Waals surface area (Å²) >= 11 is 0. The van der Waals surface area contributed by atoms with Crippen molar-refractivity contribution in [3.8, 4) is 0 Å². The third kappa shape index (κ3) is 3.76. The molecule has 0 aromatic carbocycles. The first-order valence-electron chi connectivity index (χ1n) is 8.88. The lowest BCUT2D eigenvalue weighted by atomic mass is 9.68. The molecule has 0 bridgehead atoms. The van der Waals surface area contributed by atoms with Crippen LogP contribution in [0, 0.1) is 17.8 Å². The summed E-state index contributed by atoms with van der Waals surface area (Å²) in [6.45, 7) is 8.30. The molecule has 2 aliphatic rings. The Kier molecular flexibility index (Phi) is 5.92. The average Bonchev–Trinajstić information content (AvgIpc) is 2.41. The Morgan fingerprint density at radius 1 is 1.20 bits per heavy atom. The molecule has 4 unspecified atom stereocenters. The van der Waals surface area contributed by atoms with Gasteiger partial charge in [-0.2, -0.15) is 0 Å². The SMILES string of the molecule is CCCNC(CC1(OC)CCC1)C1CCC(C)C(C)C1. The highest BCUT2D eigenvalue weighted by atomic mass is 16.5. The van der Waals surface area contributed by atoms with Gasteiger partial charge in [0.05, 0.1) is 5.60 Å². The first-order chi connectivity index (χ1) is 9.60. The van der Waals surface area contributed by atoms with Crippen LogP contribution in [0.5, 0.6) is 0 Å². The van der Waals surface area contributed by atoms with E-state index in [1.807, 2.05) is 7.11 Å². The molecule has 2 fully saturated rings. The lowest BCUT2D eigenvalue weighted by Gasteiger charge is -2.46. The molecule has 2 aliphatic carbocycles. The maximum absolute atomic E-state index is 5.88. The Labute approximate surface area is 126 Å². The van der Waals surface area contributed by atoms with Gasteiger partial charge >= 0.3 is 0 Å². The van der Waals surface area contributed by atoms with Crippen molar-refractivity contribution in [2.45, 2.75) is 83.8 Å². The molecule has 118 valence electrons. The van der Waals surface area contributed by atoms with Crippen molar-refractivity contribution >= 4 is 0 Å². The quantitative estimate of drug-likeness (QED) is 0.747. The summed E-state index contributed by atoms with van der Waals surface area (Å²) in [6.07, 6.45) is 10.6. The van der Waals surface area contributed by atoms with Crippen LogP contribution < -0.4 is 5.32 Å². The molecule has 0 saturated heterocycles. The second-order valence-corrected chi connectivity index (χ2v) is 7.53. The predicted molar refractivity (Wildman–Crippen MR) is 86.0 cm³/mol. The molecular weight excluding hydrogens is 246 g/mol. The van der Waals surface area contributed by atoms with Crippen LogP contribution in [0.2, 0.25) is 0 Å². The van der Waals surface area contributed by atoms with Gasteiger partial charge in [0, 0.05) is 13.2 Å². The highest BCUT2D eigenvalue weighted by molar-refractivity contribution is 4.96. The normalized spacial score (nSPS) is 34.5. The zero-order valence-corrected chi connectivity index (χ0v) is 14.1. The maximum atomic E-state index is 5.88. The molecule has 1 N–H and O–H groups in total. The molecule has 4 atom stereocenters. The summed E-state index contributed by atoms with van der Waals surface area (Å²) in [6, 6.07) is 0.671. The van der Waals surface area contributed by atoms with Crippen LogP contribution >= 0.6 is 0 Å². The number of rotatable bonds is 7. The summed E-state index contributed by atoms with van der Waals surface area (Å²) in [4.78, 5) is 0. The lowest BCUT2D eigenvalue weighted by molar-refractivity contribution is -0.0888. The van der Waals surface area contributed by atoms with Gasteiger partial charge in [-0.1, -0.05) is 27.2 Å². The largest absolute Gasteiger partial charge is 0.378 e. The van der Waals surface area contributed by atoms with Crippen LogP contribution in [0.15, 0.2) is 0 Å². The van der Waals surface area contributed by atoms with E-state index in [1.54, 1.807) is 0 Å². The molecule has 2 nitrogen and oxygen atoms in total. The van der Waals surface area contributed by atoms with Gasteiger partial charge < -0.3 is 10.1 Å². The minimum atomic E-state index is 0.206. The summed E-state index contributed by atoms with van der Waals surface area (Å²) in [7, 11) is 1.92. The van der Waals surface area contributed by atoms with Gasteiger partial charge in [0.2, 0.25) is 0 Å². The third-order valence-electron chi connectivity index (χ3n) is 6.15. The van der Waals surface area contributed by atoms with E-state index in [4.69, 9.17) is 4.74 Å². The van der Waals surface area contributed by atoms with Gasteiger partial charge in [0.1, 0.15) is 0 Å². The number of methoxy groups -OCH3 is 1. The average molecular weight is 281 g/mol. The molecule has 0 spiro atoms. The molecule has 0 aromatic rings. The van der Waals surface area contributed by atoms with Gasteiger partial charge in [-0.3, -0.25) is 0 Å². The molecule has 0 radical (unpaired) electrons. The number of ether oxygens (including phenoxy) is 1. The zero-order chi connectivity index (χ0) is 14.6. The van der Waals surface area contributed by atoms with E-state index in [0.29, 0.717) is 6.04 Å². The molecule has 0 amide bonds. The standard InChI is InChI=1S/C18H35NO/c1-5-11-19-17(13-18(20-4)9-6-10-18)16-8-7-14(2)15(3)12-16/h14-17,19H,5-13H2,1-4H3. The van der Waals surface area contributed by atoms with Crippen LogP contribution in [0.25, 0.3) is 0 Å². The Bertz CT molecular complexity index is 282. The van der Waals surface area contributed by atoms with Crippen molar-refractivity contribution < 1.29 is 4.74 Å². The van der Waals surface area contributed by atoms with Gasteiger partial charge in [-0.25, -0.2) is 0 Å². The monoisotopic (exact) mass is 281 g/mol. The Hall–Kier alpha value is -0.0800. The van der Waals surface area contributed by atoms with Crippen molar-refractivity contribution in [3.63, 3.8) is 0 Å². The van der Waals surface area contributed by atoms with E-state index in [0.717, 1.165) is 24.3 Å². The maximum Gasteiger partial charge on any atom is 0.0693 e. The fraction of sp³-hybridized carbons (Fsp3) is 1.00. The van der Waals surface area contributed by atoms with Crippen molar-refractivity contribution in [2.24, 2.45) is 17.8 Å². The summed E-state index contributed by atoms with van der Waals surface area (Å²) < 4.78 is 5.88. The summed E-state index contributed by atoms with van der Waals surface area (Å²) in [5, 5.41) is 3.85. The van der Waals surface area contributed by atoms with Crippen LogP contribution in [-0.4, -0.2) is 25.3 Å². The fourth-order valence-electron chi connectivity index (χ4n) is 4.15. The number of nitrogens with one attached hydrogen (secondary N) is 1. The predicted octanol–water partition coefficient (Wildman–Crippen LogP) is 4.39. The van der Waals surface area contributed by atoms with Crippen LogP contribution in [-0.2, 0) is 4.74 Å². The Morgan fingerprint density at radius 3 is 2.45 bits per heavy atom. The molecule has 0 aromatic heterocycles. The molecule has 2 heteroatoms. The molecular formula is C18H35NO. The van der Waals surface area contributed by atoms with E-state index < -0.39 is 0 Å². The summed E-state index contributed by atoms with van der Waals surface area (Å²) in [5.41, 5.74) is 0.206. The second kappa shape index (κ2) is 7.26. The molecule has 2 saturated carbocycles. The Balaban J connectivity index is 1.95. The van der Waals surface area contributed by atoms with Gasteiger partial charge in [0.25, 0.3) is 0 Å². The van der Waals surface area contributed by atoms with Crippen molar-refractivity contribution in [1.82, 2.24) is 5.32 Å². The van der Waals surface area contributed by atoms with E-state index in [1.165, 1.54) is 51.4 Å². The van der Waals surface area contributed by atoms with Crippen molar-refractivity contribution in [3.05, 3.63) is 0 Å². The fourth-order valence-corrected chi connectivity index (χ4v) is 4.15. The van der Waals surface area contributed by atoms with Gasteiger partial charge in [-0.05, 0) is 69.2 Å². The van der Waals surface area contributed by atoms with E-state index in [2.05, 4.69) is 26.1 Å². The van der Waals surface area contributed by atoms with Crippen LogP contribution in [0.3, 0.4) is 0 Å². The van der Waals surface area contributed by atoms with E-state index in [9.17, 15) is 0 Å². The lowest BCUT2D eigenvalue weighted by Crippen LogP contribution is -2.49. The first kappa shape index (κ1) is 16.3. The minimum absolute atomic E-state index is 0.206. The molecule has 20 heavy (non-hydrogen) atoms. The van der Waals surface area contributed by atoms with Gasteiger partial charge in [-0.15, -0.1) is 0 Å². The van der Waals surface area contributed by atoms with Gasteiger partial charge in [0.15, 0.2) is 0 Å².